The van der Waals surface area contributed by atoms with Gasteiger partial charge in [0.05, 0.1) is 21.5 Å². The zero-order chi connectivity index (χ0) is 22.9. The predicted octanol–water partition coefficient (Wildman–Crippen LogP) is 3.15. The van der Waals surface area contributed by atoms with E-state index < -0.39 is 6.04 Å². The number of nitrogens with one attached hydrogen (secondary N) is 1. The van der Waals surface area contributed by atoms with Gasteiger partial charge < -0.3 is 5.32 Å². The number of hydrogen-bond donors (Lipinski definition) is 1. The Labute approximate surface area is 197 Å². The monoisotopic (exact) mass is 475 g/mol. The quantitative estimate of drug-likeness (QED) is 0.482. The van der Waals surface area contributed by atoms with Crippen molar-refractivity contribution in [2.45, 2.75) is 26.4 Å². The summed E-state index contributed by atoms with van der Waals surface area (Å²) in [6.07, 6.45) is 3.56. The molecule has 0 bridgehead atoms. The molecule has 0 aliphatic carbocycles. The summed E-state index contributed by atoms with van der Waals surface area (Å²) in [6.45, 7) is 4.53. The minimum atomic E-state index is -0.539. The number of para-hydroxylation sites is 1. The van der Waals surface area contributed by atoms with E-state index in [1.165, 1.54) is 22.7 Å². The summed E-state index contributed by atoms with van der Waals surface area (Å²) in [7, 11) is 0. The summed E-state index contributed by atoms with van der Waals surface area (Å²) in [5.74, 6) is -0.265. The van der Waals surface area contributed by atoms with Crippen LogP contribution in [-0.2, 0) is 11.3 Å². The van der Waals surface area contributed by atoms with Crippen molar-refractivity contribution in [1.29, 1.82) is 0 Å². The Bertz CT molecular complexity index is 1530. The van der Waals surface area contributed by atoms with Crippen molar-refractivity contribution >= 4 is 40.3 Å². The fourth-order valence-electron chi connectivity index (χ4n) is 3.91. The molecule has 4 aromatic rings. The molecule has 9 heteroatoms. The summed E-state index contributed by atoms with van der Waals surface area (Å²) in [4.78, 5) is 33.1. The molecule has 5 rings (SSSR count). The molecule has 166 valence electrons. The number of thiophene rings is 1. The Morgan fingerprint density at radius 3 is 2.73 bits per heavy atom. The van der Waals surface area contributed by atoms with Gasteiger partial charge in [0.25, 0.3) is 11.5 Å². The number of anilines is 1. The number of amides is 1. The molecule has 0 unspecified atom stereocenters. The molecule has 1 amide bonds. The van der Waals surface area contributed by atoms with Crippen molar-refractivity contribution < 1.29 is 4.79 Å². The van der Waals surface area contributed by atoms with E-state index in [2.05, 4.69) is 15.4 Å². The van der Waals surface area contributed by atoms with E-state index in [0.717, 1.165) is 10.6 Å². The highest BCUT2D eigenvalue weighted by Crippen LogP contribution is 2.33. The second kappa shape index (κ2) is 8.76. The van der Waals surface area contributed by atoms with Crippen LogP contribution in [0.1, 0.15) is 30.5 Å². The Morgan fingerprint density at radius 1 is 1.18 bits per heavy atom. The largest absolute Gasteiger partial charge is 0.322 e. The third kappa shape index (κ3) is 3.90. The lowest BCUT2D eigenvalue weighted by Gasteiger charge is -2.24. The minimum absolute atomic E-state index is 0.168. The first-order valence-electron chi connectivity index (χ1n) is 10.5. The average Bonchev–Trinajstić information content (AvgIpc) is 3.55. The second-order valence-corrected chi connectivity index (χ2v) is 9.48. The summed E-state index contributed by atoms with van der Waals surface area (Å²) in [6, 6.07) is 14.5. The number of benzene rings is 1. The van der Waals surface area contributed by atoms with Gasteiger partial charge in [0.2, 0.25) is 0 Å². The summed E-state index contributed by atoms with van der Waals surface area (Å²) in [5.41, 5.74) is 2.46. The topological polar surface area (TPSA) is 81.3 Å². The highest BCUT2D eigenvalue weighted by atomic mass is 32.1. The van der Waals surface area contributed by atoms with Crippen LogP contribution in [0.5, 0.6) is 0 Å². The fourth-order valence-corrected chi connectivity index (χ4v) is 5.77. The number of allylic oxidation sites excluding steroid dienone is 1. The molecule has 1 N–H and O–H groups in total. The first kappa shape index (κ1) is 21.3. The van der Waals surface area contributed by atoms with Crippen molar-refractivity contribution in [3.63, 3.8) is 0 Å². The van der Waals surface area contributed by atoms with E-state index >= 15 is 0 Å². The lowest BCUT2D eigenvalue weighted by molar-refractivity contribution is -0.113. The summed E-state index contributed by atoms with van der Waals surface area (Å²) >= 11 is 2.84. The highest BCUT2D eigenvalue weighted by molar-refractivity contribution is 7.10. The van der Waals surface area contributed by atoms with Crippen molar-refractivity contribution in [2.24, 2.45) is 4.99 Å². The van der Waals surface area contributed by atoms with E-state index in [9.17, 15) is 9.59 Å². The van der Waals surface area contributed by atoms with Crippen LogP contribution in [0.25, 0.3) is 6.08 Å². The maximum absolute atomic E-state index is 13.6. The van der Waals surface area contributed by atoms with Gasteiger partial charge in [0, 0.05) is 23.3 Å². The fraction of sp³-hybridized carbons (Fsp3) is 0.167. The van der Waals surface area contributed by atoms with Gasteiger partial charge in [-0.2, -0.15) is 5.10 Å². The standard InChI is InChI=1S/C24H21N5O2S2/c1-3-28-17(11-12-25-28)14-19-23(31)29-21(18-10-7-13-32-18)20(15(2)26-24(29)33-19)22(30)27-16-8-5-4-6-9-16/h4-14,21H,3H2,1-2H3,(H,27,30)/b19-14+/t21-/m1/s1. The third-order valence-electron chi connectivity index (χ3n) is 5.44. The molecule has 0 spiro atoms. The molecule has 1 aliphatic heterocycles. The molecule has 7 nitrogen and oxygen atoms in total. The number of hydrogen-bond acceptors (Lipinski definition) is 6. The first-order chi connectivity index (χ1) is 16.1. The van der Waals surface area contributed by atoms with Crippen molar-refractivity contribution in [1.82, 2.24) is 14.3 Å². The molecule has 1 aromatic carbocycles. The number of aryl methyl sites for hydroxylation is 1. The van der Waals surface area contributed by atoms with E-state index in [-0.39, 0.29) is 11.5 Å². The molecule has 33 heavy (non-hydrogen) atoms. The van der Waals surface area contributed by atoms with Crippen LogP contribution >= 0.6 is 22.7 Å². The van der Waals surface area contributed by atoms with Crippen LogP contribution in [0.15, 0.2) is 81.2 Å². The van der Waals surface area contributed by atoms with Crippen molar-refractivity contribution in [2.75, 3.05) is 5.32 Å². The second-order valence-electron chi connectivity index (χ2n) is 7.49. The van der Waals surface area contributed by atoms with Crippen LogP contribution < -0.4 is 20.2 Å². The minimum Gasteiger partial charge on any atom is -0.322 e. The lowest BCUT2D eigenvalue weighted by Crippen LogP contribution is -2.40. The van der Waals surface area contributed by atoms with E-state index in [1.54, 1.807) is 10.8 Å². The van der Waals surface area contributed by atoms with Gasteiger partial charge in [-0.25, -0.2) is 4.99 Å². The van der Waals surface area contributed by atoms with Crippen molar-refractivity contribution in [3.05, 3.63) is 102 Å². The number of carbonyl (C=O) groups excluding carboxylic acids is 1. The molecule has 0 radical (unpaired) electrons. The molecule has 1 aliphatic rings. The van der Waals surface area contributed by atoms with Crippen LogP contribution in [0.4, 0.5) is 5.69 Å². The number of thiazole rings is 1. The molecule has 3 aromatic heterocycles. The van der Waals surface area contributed by atoms with Crippen LogP contribution in [0, 0.1) is 0 Å². The smallest absolute Gasteiger partial charge is 0.271 e. The van der Waals surface area contributed by atoms with E-state index in [0.29, 0.717) is 32.8 Å². The predicted molar refractivity (Wildman–Crippen MR) is 131 cm³/mol. The summed E-state index contributed by atoms with van der Waals surface area (Å²) < 4.78 is 4.03. The number of nitrogens with zero attached hydrogens (tertiary/aromatic N) is 4. The zero-order valence-electron chi connectivity index (χ0n) is 18.1. The zero-order valence-corrected chi connectivity index (χ0v) is 19.7. The number of fused-ring (bicyclic) bond motifs is 1. The van der Waals surface area contributed by atoms with E-state index in [1.807, 2.05) is 78.5 Å². The van der Waals surface area contributed by atoms with Gasteiger partial charge in [-0.3, -0.25) is 18.8 Å². The van der Waals surface area contributed by atoms with Gasteiger partial charge in [-0.05, 0) is 49.6 Å². The molecular formula is C24H21N5O2S2. The van der Waals surface area contributed by atoms with Gasteiger partial charge in [-0.1, -0.05) is 35.6 Å². The van der Waals surface area contributed by atoms with Gasteiger partial charge in [0.1, 0.15) is 6.04 Å². The Balaban J connectivity index is 1.66. The number of rotatable bonds is 5. The van der Waals surface area contributed by atoms with E-state index in [4.69, 9.17) is 0 Å². The molecule has 1 atom stereocenters. The molecule has 0 saturated heterocycles. The Kier molecular flexibility index (Phi) is 5.65. The Morgan fingerprint density at radius 2 is 2.00 bits per heavy atom. The number of carbonyl (C=O) groups is 1. The van der Waals surface area contributed by atoms with Gasteiger partial charge in [0.15, 0.2) is 4.80 Å². The summed E-state index contributed by atoms with van der Waals surface area (Å²) in [5, 5.41) is 9.19. The maximum atomic E-state index is 13.6. The molecule has 0 saturated carbocycles. The SMILES string of the molecule is CCn1nccc1/C=c1/sc2n(c1=O)[C@H](c1cccs1)C(C(=O)Nc1ccccc1)=C(C)N=2. The lowest BCUT2D eigenvalue weighted by atomic mass is 10.0. The van der Waals surface area contributed by atoms with Crippen molar-refractivity contribution in [3.8, 4) is 0 Å². The normalized spacial score (nSPS) is 15.9. The molecule has 4 heterocycles. The number of aromatic nitrogens is 3. The molecular weight excluding hydrogens is 454 g/mol. The van der Waals surface area contributed by atoms with Crippen LogP contribution in [-0.4, -0.2) is 20.3 Å². The van der Waals surface area contributed by atoms with Crippen LogP contribution in [0.2, 0.25) is 0 Å². The third-order valence-corrected chi connectivity index (χ3v) is 7.35. The average molecular weight is 476 g/mol. The maximum Gasteiger partial charge on any atom is 0.271 e. The Hall–Kier alpha value is -3.56. The van der Waals surface area contributed by atoms with Crippen LogP contribution in [0.3, 0.4) is 0 Å². The van der Waals surface area contributed by atoms with Gasteiger partial charge >= 0.3 is 0 Å². The first-order valence-corrected chi connectivity index (χ1v) is 12.2. The molecule has 0 fully saturated rings. The van der Waals surface area contributed by atoms with Gasteiger partial charge in [-0.15, -0.1) is 11.3 Å². The highest BCUT2D eigenvalue weighted by Gasteiger charge is 2.33.